The average molecular weight is 348 g/mol. The van der Waals surface area contributed by atoms with Crippen LogP contribution in [0.3, 0.4) is 0 Å². The number of thiophene rings is 1. The van der Waals surface area contributed by atoms with Gasteiger partial charge in [0.25, 0.3) is 0 Å². The summed E-state index contributed by atoms with van der Waals surface area (Å²) in [6, 6.07) is 2.57. The predicted octanol–water partition coefficient (Wildman–Crippen LogP) is 2.86. The molecule has 4 heterocycles. The molecule has 0 radical (unpaired) electrons. The van der Waals surface area contributed by atoms with Crippen LogP contribution in [0.5, 0.6) is 0 Å². The second-order valence-electron chi connectivity index (χ2n) is 6.11. The summed E-state index contributed by atoms with van der Waals surface area (Å²) in [6.45, 7) is 4.56. The van der Waals surface area contributed by atoms with E-state index in [1.165, 1.54) is 5.56 Å². The number of carbonyl (C=O) groups excluding carboxylic acids is 1. The van der Waals surface area contributed by atoms with Gasteiger partial charge >= 0.3 is 6.03 Å². The summed E-state index contributed by atoms with van der Waals surface area (Å²) in [4.78, 5) is 21.1. The zero-order chi connectivity index (χ0) is 15.6. The lowest BCUT2D eigenvalue weighted by atomic mass is 10.0. The number of aromatic nitrogens is 1. The molecule has 2 amide bonds. The molecule has 5 nitrogen and oxygen atoms in total. The summed E-state index contributed by atoms with van der Waals surface area (Å²) in [5, 5.41) is 10.4. The maximum absolute atomic E-state index is 11.9. The van der Waals surface area contributed by atoms with Crippen molar-refractivity contribution in [3.05, 3.63) is 27.9 Å². The maximum atomic E-state index is 11.9. The molecule has 0 bridgehead atoms. The van der Waals surface area contributed by atoms with Gasteiger partial charge in [0.15, 0.2) is 0 Å². The van der Waals surface area contributed by atoms with Gasteiger partial charge in [-0.25, -0.2) is 9.78 Å². The fraction of sp³-hybridized carbons (Fsp3) is 0.500. The largest absolute Gasteiger partial charge is 0.336 e. The first kappa shape index (κ1) is 15.1. The van der Waals surface area contributed by atoms with Gasteiger partial charge in [-0.05, 0) is 30.8 Å². The maximum Gasteiger partial charge on any atom is 0.317 e. The van der Waals surface area contributed by atoms with Gasteiger partial charge in [0, 0.05) is 48.5 Å². The van der Waals surface area contributed by atoms with Crippen molar-refractivity contribution in [2.45, 2.75) is 25.4 Å². The van der Waals surface area contributed by atoms with Crippen molar-refractivity contribution < 1.29 is 4.79 Å². The Kier molecular flexibility index (Phi) is 4.33. The molecule has 2 aromatic rings. The molecule has 4 rings (SSSR count). The van der Waals surface area contributed by atoms with Crippen LogP contribution < -0.4 is 5.32 Å². The van der Waals surface area contributed by atoms with Crippen molar-refractivity contribution in [2.24, 2.45) is 0 Å². The molecule has 2 aliphatic heterocycles. The minimum atomic E-state index is 0.102. The molecule has 23 heavy (non-hydrogen) atoms. The molecule has 0 spiro atoms. The minimum absolute atomic E-state index is 0.102. The number of hydrogen-bond acceptors (Lipinski definition) is 5. The number of hydrogen-bond donors (Lipinski definition) is 1. The van der Waals surface area contributed by atoms with Crippen LogP contribution in [0.4, 0.5) is 4.79 Å². The van der Waals surface area contributed by atoms with E-state index in [-0.39, 0.29) is 6.03 Å². The number of thiazole rings is 1. The summed E-state index contributed by atoms with van der Waals surface area (Å²) in [7, 11) is 0. The quantitative estimate of drug-likeness (QED) is 0.924. The monoisotopic (exact) mass is 348 g/mol. The Bertz CT molecular complexity index is 669. The van der Waals surface area contributed by atoms with Gasteiger partial charge in [-0.3, -0.25) is 4.90 Å². The molecule has 1 N–H and O–H groups in total. The van der Waals surface area contributed by atoms with Gasteiger partial charge < -0.3 is 10.2 Å². The molecular weight excluding hydrogens is 328 g/mol. The van der Waals surface area contributed by atoms with Crippen LogP contribution in [0.25, 0.3) is 10.6 Å². The van der Waals surface area contributed by atoms with Gasteiger partial charge in [0.2, 0.25) is 0 Å². The molecule has 2 aliphatic rings. The van der Waals surface area contributed by atoms with E-state index < -0.39 is 0 Å². The number of amides is 2. The third-order valence-electron chi connectivity index (χ3n) is 4.52. The van der Waals surface area contributed by atoms with Crippen LogP contribution in [0.1, 0.15) is 18.5 Å². The summed E-state index contributed by atoms with van der Waals surface area (Å²) >= 11 is 3.42. The fourth-order valence-corrected chi connectivity index (χ4v) is 4.91. The SMILES string of the molecule is O=C1NCCN1[C@H]1CCCN(Cc2csc(-c3ccsc3)n2)C1. The topological polar surface area (TPSA) is 48.5 Å². The zero-order valence-electron chi connectivity index (χ0n) is 12.9. The first-order valence-corrected chi connectivity index (χ1v) is 9.85. The summed E-state index contributed by atoms with van der Waals surface area (Å²) in [5.41, 5.74) is 2.36. The third-order valence-corrected chi connectivity index (χ3v) is 6.14. The highest BCUT2D eigenvalue weighted by Gasteiger charge is 2.31. The highest BCUT2D eigenvalue weighted by atomic mass is 32.1. The van der Waals surface area contributed by atoms with Gasteiger partial charge in [0.1, 0.15) is 5.01 Å². The standard InChI is InChI=1S/C16H20N4OS2/c21-16-17-4-6-20(16)14-2-1-5-19(9-14)8-13-11-23-15(18-13)12-3-7-22-10-12/h3,7,10-11,14H,1-2,4-6,8-9H2,(H,17,21)/t14-/m0/s1. The lowest BCUT2D eigenvalue weighted by Gasteiger charge is -2.36. The number of likely N-dealkylation sites (tertiary alicyclic amines) is 1. The number of rotatable bonds is 4. The second-order valence-corrected chi connectivity index (χ2v) is 7.75. The Hall–Kier alpha value is -1.44. The number of piperidine rings is 1. The molecular formula is C16H20N4OS2. The lowest BCUT2D eigenvalue weighted by molar-refractivity contribution is 0.121. The third kappa shape index (κ3) is 3.27. The molecule has 2 aromatic heterocycles. The Labute approximate surface area is 143 Å². The van der Waals surface area contributed by atoms with Crippen LogP contribution in [0.2, 0.25) is 0 Å². The van der Waals surface area contributed by atoms with Crippen molar-refractivity contribution in [3.8, 4) is 10.6 Å². The normalized spacial score (nSPS) is 22.5. The first-order chi connectivity index (χ1) is 11.3. The van der Waals surface area contributed by atoms with Gasteiger partial charge in [-0.15, -0.1) is 11.3 Å². The van der Waals surface area contributed by atoms with Crippen molar-refractivity contribution >= 4 is 28.7 Å². The van der Waals surface area contributed by atoms with E-state index in [9.17, 15) is 4.79 Å². The molecule has 2 fully saturated rings. The Balaban J connectivity index is 1.39. The number of carbonyl (C=O) groups is 1. The Morgan fingerprint density at radius 1 is 1.35 bits per heavy atom. The summed E-state index contributed by atoms with van der Waals surface area (Å²) < 4.78 is 0. The van der Waals surface area contributed by atoms with E-state index in [2.05, 4.69) is 32.4 Å². The van der Waals surface area contributed by atoms with Crippen molar-refractivity contribution in [1.82, 2.24) is 20.1 Å². The molecule has 122 valence electrons. The van der Waals surface area contributed by atoms with Gasteiger partial charge in [-0.1, -0.05) is 0 Å². The molecule has 1 atom stereocenters. The number of nitrogens with one attached hydrogen (secondary N) is 1. The molecule has 2 saturated heterocycles. The van der Waals surface area contributed by atoms with E-state index in [4.69, 9.17) is 4.98 Å². The number of nitrogens with zero attached hydrogens (tertiary/aromatic N) is 3. The predicted molar refractivity (Wildman–Crippen MR) is 93.8 cm³/mol. The lowest BCUT2D eigenvalue weighted by Crippen LogP contribution is -2.48. The molecule has 0 aliphatic carbocycles. The van der Waals surface area contributed by atoms with Crippen LogP contribution in [0.15, 0.2) is 22.2 Å². The Morgan fingerprint density at radius 2 is 2.30 bits per heavy atom. The Morgan fingerprint density at radius 3 is 3.09 bits per heavy atom. The zero-order valence-corrected chi connectivity index (χ0v) is 14.5. The summed E-state index contributed by atoms with van der Waals surface area (Å²) in [5.74, 6) is 0. The average Bonchev–Trinajstić information content (AvgIpc) is 3.28. The second kappa shape index (κ2) is 6.59. The first-order valence-electron chi connectivity index (χ1n) is 8.03. The number of urea groups is 1. The molecule has 0 unspecified atom stereocenters. The van der Waals surface area contributed by atoms with Crippen LogP contribution >= 0.6 is 22.7 Å². The highest BCUT2D eigenvalue weighted by molar-refractivity contribution is 7.14. The van der Waals surface area contributed by atoms with Crippen LogP contribution in [-0.2, 0) is 6.54 Å². The minimum Gasteiger partial charge on any atom is -0.336 e. The van der Waals surface area contributed by atoms with Crippen molar-refractivity contribution in [2.75, 3.05) is 26.2 Å². The molecule has 7 heteroatoms. The molecule has 0 saturated carbocycles. The molecule has 0 aromatic carbocycles. The van der Waals surface area contributed by atoms with E-state index in [0.717, 1.165) is 56.3 Å². The van der Waals surface area contributed by atoms with E-state index in [1.54, 1.807) is 22.7 Å². The highest BCUT2D eigenvalue weighted by Crippen LogP contribution is 2.27. The fourth-order valence-electron chi connectivity index (χ4n) is 3.39. The van der Waals surface area contributed by atoms with Crippen molar-refractivity contribution in [1.29, 1.82) is 0 Å². The van der Waals surface area contributed by atoms with Gasteiger partial charge in [-0.2, -0.15) is 11.3 Å². The van der Waals surface area contributed by atoms with E-state index in [1.807, 2.05) is 4.90 Å². The van der Waals surface area contributed by atoms with Gasteiger partial charge in [0.05, 0.1) is 5.69 Å². The van der Waals surface area contributed by atoms with Crippen molar-refractivity contribution in [3.63, 3.8) is 0 Å². The van der Waals surface area contributed by atoms with E-state index in [0.29, 0.717) is 6.04 Å². The van der Waals surface area contributed by atoms with Crippen LogP contribution in [-0.4, -0.2) is 53.0 Å². The van der Waals surface area contributed by atoms with Crippen LogP contribution in [0, 0.1) is 0 Å². The van der Waals surface area contributed by atoms with E-state index >= 15 is 0 Å². The summed E-state index contributed by atoms with van der Waals surface area (Å²) in [6.07, 6.45) is 2.26. The smallest absolute Gasteiger partial charge is 0.317 e.